The number of nitriles is 1. The van der Waals surface area contributed by atoms with Crippen molar-refractivity contribution in [1.82, 2.24) is 4.31 Å². The second kappa shape index (κ2) is 11.2. The maximum Gasteiger partial charge on any atom is 0.304 e. The summed E-state index contributed by atoms with van der Waals surface area (Å²) in [6.07, 6.45) is 3.00. The van der Waals surface area contributed by atoms with E-state index in [1.54, 1.807) is 0 Å². The third-order valence-electron chi connectivity index (χ3n) is 8.67. The van der Waals surface area contributed by atoms with E-state index in [0.29, 0.717) is 48.9 Å². The van der Waals surface area contributed by atoms with E-state index in [-0.39, 0.29) is 24.5 Å². The molecular formula is C33H34N2O7S. The van der Waals surface area contributed by atoms with E-state index in [1.807, 2.05) is 56.3 Å². The summed E-state index contributed by atoms with van der Waals surface area (Å²) in [5, 5.41) is 19.3. The third-order valence-corrected chi connectivity index (χ3v) is 9.94. The second-order valence-corrected chi connectivity index (χ2v) is 13.7. The van der Waals surface area contributed by atoms with Gasteiger partial charge in [-0.2, -0.15) is 9.57 Å². The van der Waals surface area contributed by atoms with Crippen molar-refractivity contribution in [2.75, 3.05) is 26.0 Å². The number of carboxylic acids is 1. The fraction of sp³-hybridized carbons (Fsp3) is 0.394. The molecule has 0 saturated carbocycles. The molecule has 6 rings (SSSR count). The minimum atomic E-state index is -3.25. The van der Waals surface area contributed by atoms with Gasteiger partial charge in [0.15, 0.2) is 0 Å². The zero-order valence-corrected chi connectivity index (χ0v) is 25.2. The highest BCUT2D eigenvalue weighted by Crippen LogP contribution is 2.45. The lowest BCUT2D eigenvalue weighted by atomic mass is 9.87. The van der Waals surface area contributed by atoms with Crippen LogP contribution in [-0.4, -0.2) is 55.9 Å². The van der Waals surface area contributed by atoms with Gasteiger partial charge in [-0.3, -0.25) is 4.79 Å². The summed E-state index contributed by atoms with van der Waals surface area (Å²) < 4.78 is 43.7. The normalized spacial score (nSPS) is 21.1. The van der Waals surface area contributed by atoms with Crippen molar-refractivity contribution in [3.8, 4) is 34.4 Å². The Morgan fingerprint density at radius 2 is 1.79 bits per heavy atom. The molecule has 9 nitrogen and oxygen atoms in total. The van der Waals surface area contributed by atoms with Gasteiger partial charge in [0.1, 0.15) is 29.5 Å². The molecule has 1 fully saturated rings. The van der Waals surface area contributed by atoms with Crippen molar-refractivity contribution in [1.29, 1.82) is 5.26 Å². The highest BCUT2D eigenvalue weighted by atomic mass is 32.2. The van der Waals surface area contributed by atoms with Crippen LogP contribution < -0.4 is 14.2 Å². The van der Waals surface area contributed by atoms with Gasteiger partial charge in [0.25, 0.3) is 0 Å². The largest absolute Gasteiger partial charge is 0.492 e. The third kappa shape index (κ3) is 5.67. The summed E-state index contributed by atoms with van der Waals surface area (Å²) in [4.78, 5) is 11.2. The molecule has 0 bridgehead atoms. The number of hydrogen-bond donors (Lipinski definition) is 1. The predicted molar refractivity (Wildman–Crippen MR) is 160 cm³/mol. The number of carbonyl (C=O) groups is 1. The zero-order valence-electron chi connectivity index (χ0n) is 24.4. The highest BCUT2D eigenvalue weighted by Gasteiger charge is 2.32. The molecule has 0 unspecified atom stereocenters. The smallest absolute Gasteiger partial charge is 0.304 e. The molecule has 43 heavy (non-hydrogen) atoms. The van der Waals surface area contributed by atoms with E-state index in [2.05, 4.69) is 6.07 Å². The molecule has 224 valence electrons. The molecule has 1 aliphatic carbocycles. The van der Waals surface area contributed by atoms with Crippen LogP contribution in [0.5, 0.6) is 17.2 Å². The molecule has 10 heteroatoms. The van der Waals surface area contributed by atoms with Crippen LogP contribution >= 0.6 is 0 Å². The number of rotatable bonds is 8. The number of sulfonamides is 1. The lowest BCUT2D eigenvalue weighted by Gasteiger charge is -2.21. The van der Waals surface area contributed by atoms with Crippen LogP contribution in [0.3, 0.4) is 0 Å². The molecule has 0 amide bonds. The maximum absolute atomic E-state index is 11.9. The van der Waals surface area contributed by atoms with Crippen molar-refractivity contribution in [2.45, 2.75) is 57.7 Å². The van der Waals surface area contributed by atoms with Crippen molar-refractivity contribution < 1.29 is 32.5 Å². The van der Waals surface area contributed by atoms with Gasteiger partial charge in [0.05, 0.1) is 37.5 Å². The van der Waals surface area contributed by atoms with Gasteiger partial charge >= 0.3 is 5.97 Å². The topological polar surface area (TPSA) is 126 Å². The first-order valence-corrected chi connectivity index (χ1v) is 16.3. The molecule has 1 N–H and O–H groups in total. The molecule has 0 aromatic heterocycles. The highest BCUT2D eigenvalue weighted by molar-refractivity contribution is 7.88. The zero-order chi connectivity index (χ0) is 30.5. The maximum atomic E-state index is 11.9. The summed E-state index contributed by atoms with van der Waals surface area (Å²) >= 11 is 0. The Hall–Kier alpha value is -4.07. The average molecular weight is 603 g/mol. The first-order valence-electron chi connectivity index (χ1n) is 14.5. The summed E-state index contributed by atoms with van der Waals surface area (Å²) in [6.45, 7) is 5.16. The van der Waals surface area contributed by atoms with Crippen LogP contribution in [0.4, 0.5) is 0 Å². The Balaban J connectivity index is 1.26. The van der Waals surface area contributed by atoms with E-state index in [1.165, 1.54) is 10.6 Å². The van der Waals surface area contributed by atoms with Crippen molar-refractivity contribution in [3.05, 3.63) is 75.8 Å². The Morgan fingerprint density at radius 1 is 1.05 bits per heavy atom. The minimum Gasteiger partial charge on any atom is -0.492 e. The number of fused-ring (bicyclic) bond motifs is 2. The van der Waals surface area contributed by atoms with E-state index in [9.17, 15) is 23.6 Å². The van der Waals surface area contributed by atoms with Gasteiger partial charge in [0.2, 0.25) is 10.0 Å². The van der Waals surface area contributed by atoms with Gasteiger partial charge in [-0.1, -0.05) is 12.1 Å². The molecule has 1 saturated heterocycles. The first kappa shape index (κ1) is 29.0. The number of hydrogen-bond acceptors (Lipinski definition) is 7. The van der Waals surface area contributed by atoms with Crippen molar-refractivity contribution in [2.24, 2.45) is 0 Å². The molecule has 3 atom stereocenters. The fourth-order valence-corrected chi connectivity index (χ4v) is 7.59. The molecule has 3 aromatic carbocycles. The number of aliphatic carboxylic acids is 1. The van der Waals surface area contributed by atoms with E-state index < -0.39 is 16.0 Å². The molecular weight excluding hydrogens is 568 g/mol. The van der Waals surface area contributed by atoms with E-state index in [0.717, 1.165) is 51.8 Å². The standard InChI is InChI=1S/C33H34N2O7S/c1-19-12-25(41-24-10-11-35(17-24)43(3,38)39)13-20(2)32(19)33-21(16-34)4-6-27-28(33)8-9-29(27)42-23-5-7-26-22(14-31(36)37)18-40-30(26)15-23/h4-7,12-13,15,22,24,29H,8-11,14,17-18H2,1-3H3,(H,36,37)/t22-,24-,29-/m1/s1. The first-order chi connectivity index (χ1) is 20.5. The molecule has 0 radical (unpaired) electrons. The Kier molecular flexibility index (Phi) is 7.57. The number of benzene rings is 3. The van der Waals surface area contributed by atoms with E-state index in [4.69, 9.17) is 14.2 Å². The molecule has 3 aliphatic rings. The van der Waals surface area contributed by atoms with Gasteiger partial charge in [-0.25, -0.2) is 8.42 Å². The van der Waals surface area contributed by atoms with E-state index >= 15 is 0 Å². The number of aryl methyl sites for hydroxylation is 2. The number of ether oxygens (including phenoxy) is 3. The average Bonchev–Trinajstić information content (AvgIpc) is 3.67. The summed E-state index contributed by atoms with van der Waals surface area (Å²) in [5.74, 6) is 1.01. The van der Waals surface area contributed by atoms with Crippen LogP contribution in [0, 0.1) is 25.2 Å². The number of carboxylic acid groups (broad SMARTS) is 1. The lowest BCUT2D eigenvalue weighted by Crippen LogP contribution is -2.29. The number of nitrogens with zero attached hydrogens (tertiary/aromatic N) is 2. The fourth-order valence-electron chi connectivity index (χ4n) is 6.72. The Labute approximate surface area is 251 Å². The van der Waals surface area contributed by atoms with Crippen LogP contribution in [0.1, 0.15) is 64.7 Å². The Morgan fingerprint density at radius 3 is 2.47 bits per heavy atom. The van der Waals surface area contributed by atoms with Crippen LogP contribution in [0.25, 0.3) is 11.1 Å². The minimum absolute atomic E-state index is 0.0293. The monoisotopic (exact) mass is 602 g/mol. The SMILES string of the molecule is Cc1cc(O[C@@H]2CCN(S(C)(=O)=O)C2)cc(C)c1-c1c(C#N)ccc2c1CC[C@H]2Oc1ccc2c(c1)OC[C@H]2CC(=O)O. The quantitative estimate of drug-likeness (QED) is 0.370. The van der Waals surface area contributed by atoms with Crippen molar-refractivity contribution >= 4 is 16.0 Å². The Bertz CT molecular complexity index is 1740. The van der Waals surface area contributed by atoms with Crippen LogP contribution in [0.15, 0.2) is 42.5 Å². The lowest BCUT2D eigenvalue weighted by molar-refractivity contribution is -0.137. The molecule has 0 spiro atoms. The summed E-state index contributed by atoms with van der Waals surface area (Å²) in [6, 6.07) is 15.8. The van der Waals surface area contributed by atoms with Gasteiger partial charge in [-0.15, -0.1) is 0 Å². The van der Waals surface area contributed by atoms with Gasteiger partial charge < -0.3 is 19.3 Å². The second-order valence-electron chi connectivity index (χ2n) is 11.7. The van der Waals surface area contributed by atoms with Gasteiger partial charge in [0, 0.05) is 29.7 Å². The molecule has 2 heterocycles. The van der Waals surface area contributed by atoms with Crippen LogP contribution in [-0.2, 0) is 21.2 Å². The molecule has 2 aliphatic heterocycles. The predicted octanol–water partition coefficient (Wildman–Crippen LogP) is 5.27. The van der Waals surface area contributed by atoms with Crippen LogP contribution in [0.2, 0.25) is 0 Å². The summed E-state index contributed by atoms with van der Waals surface area (Å²) in [7, 11) is -3.25. The van der Waals surface area contributed by atoms with Crippen molar-refractivity contribution in [3.63, 3.8) is 0 Å². The molecule has 3 aromatic rings. The van der Waals surface area contributed by atoms with Gasteiger partial charge in [-0.05, 0) is 85.2 Å². The summed E-state index contributed by atoms with van der Waals surface area (Å²) in [5.41, 5.74) is 7.53.